The topological polar surface area (TPSA) is 81.2 Å². The predicted molar refractivity (Wildman–Crippen MR) is 71.0 cm³/mol. The van der Waals surface area contributed by atoms with Gasteiger partial charge < -0.3 is 9.73 Å². The van der Waals surface area contributed by atoms with E-state index in [2.05, 4.69) is 10.3 Å². The Morgan fingerprint density at radius 3 is 2.89 bits per heavy atom. The van der Waals surface area contributed by atoms with Crippen molar-refractivity contribution in [2.24, 2.45) is 0 Å². The Morgan fingerprint density at radius 1 is 1.47 bits per heavy atom. The number of aromatic nitrogens is 1. The van der Waals surface area contributed by atoms with Crippen molar-refractivity contribution in [3.05, 3.63) is 51.7 Å². The van der Waals surface area contributed by atoms with Gasteiger partial charge in [-0.2, -0.15) is 0 Å². The van der Waals surface area contributed by atoms with Gasteiger partial charge in [0.05, 0.1) is 17.7 Å². The van der Waals surface area contributed by atoms with E-state index in [0.29, 0.717) is 23.7 Å². The second-order valence-electron chi connectivity index (χ2n) is 4.16. The molecule has 0 saturated heterocycles. The number of nitrogens with zero attached hydrogens (tertiary/aromatic N) is 2. The van der Waals surface area contributed by atoms with Crippen molar-refractivity contribution in [2.75, 3.05) is 5.32 Å². The zero-order chi connectivity index (χ0) is 13.8. The number of para-hydroxylation sites is 1. The smallest absolute Gasteiger partial charge is 0.295 e. The molecule has 1 heterocycles. The van der Waals surface area contributed by atoms with E-state index in [1.165, 1.54) is 0 Å². The van der Waals surface area contributed by atoms with Crippen LogP contribution in [0.1, 0.15) is 24.1 Å². The van der Waals surface area contributed by atoms with E-state index < -0.39 is 0 Å². The summed E-state index contributed by atoms with van der Waals surface area (Å²) in [4.78, 5) is 14.7. The van der Waals surface area contributed by atoms with Gasteiger partial charge in [0.2, 0.25) is 5.89 Å². The van der Waals surface area contributed by atoms with Crippen molar-refractivity contribution in [1.29, 1.82) is 0 Å². The van der Waals surface area contributed by atoms with Gasteiger partial charge in [-0.15, -0.1) is 0 Å². The minimum atomic E-state index is -0.384. The van der Waals surface area contributed by atoms with Crippen LogP contribution in [0.5, 0.6) is 0 Å². The summed E-state index contributed by atoms with van der Waals surface area (Å²) < 4.78 is 5.44. The third kappa shape index (κ3) is 2.90. The van der Waals surface area contributed by atoms with E-state index in [-0.39, 0.29) is 10.6 Å². The van der Waals surface area contributed by atoms with Crippen molar-refractivity contribution < 1.29 is 9.34 Å². The van der Waals surface area contributed by atoms with Gasteiger partial charge >= 0.3 is 0 Å². The Hall–Kier alpha value is -2.37. The molecule has 100 valence electrons. The normalized spacial score (nSPS) is 10.4. The number of aryl methyl sites for hydroxylation is 2. The molecule has 0 saturated carbocycles. The first kappa shape index (κ1) is 13.1. The number of nitrogens with one attached hydrogen (secondary N) is 1. The fourth-order valence-corrected chi connectivity index (χ4v) is 1.81. The van der Waals surface area contributed by atoms with Gasteiger partial charge in [0.25, 0.3) is 5.69 Å². The molecule has 2 rings (SSSR count). The van der Waals surface area contributed by atoms with Crippen LogP contribution in [0.4, 0.5) is 11.4 Å². The number of hydrogen-bond donors (Lipinski definition) is 1. The van der Waals surface area contributed by atoms with Gasteiger partial charge in [0.1, 0.15) is 11.4 Å². The highest BCUT2D eigenvalue weighted by Crippen LogP contribution is 2.28. The van der Waals surface area contributed by atoms with Crippen molar-refractivity contribution in [2.45, 2.75) is 26.8 Å². The second-order valence-corrected chi connectivity index (χ2v) is 4.16. The van der Waals surface area contributed by atoms with E-state index in [1.807, 2.05) is 6.92 Å². The highest BCUT2D eigenvalue weighted by molar-refractivity contribution is 5.64. The van der Waals surface area contributed by atoms with Gasteiger partial charge in [0, 0.05) is 12.0 Å². The van der Waals surface area contributed by atoms with Crippen LogP contribution in [0.2, 0.25) is 0 Å². The number of nitro groups is 1. The van der Waals surface area contributed by atoms with Crippen molar-refractivity contribution in [3.8, 4) is 0 Å². The largest absolute Gasteiger partial charge is 0.444 e. The minimum Gasteiger partial charge on any atom is -0.444 e. The summed E-state index contributed by atoms with van der Waals surface area (Å²) in [5.41, 5.74) is 1.18. The van der Waals surface area contributed by atoms with Crippen LogP contribution in [0.25, 0.3) is 0 Å². The molecule has 0 aliphatic rings. The molecule has 0 bridgehead atoms. The molecule has 0 fully saturated rings. The second kappa shape index (κ2) is 5.51. The molecule has 19 heavy (non-hydrogen) atoms. The van der Waals surface area contributed by atoms with E-state index in [0.717, 1.165) is 12.2 Å². The molecule has 0 spiro atoms. The summed E-state index contributed by atoms with van der Waals surface area (Å²) in [7, 11) is 0. The van der Waals surface area contributed by atoms with Crippen LogP contribution in [-0.4, -0.2) is 9.91 Å². The molecular weight excluding hydrogens is 246 g/mol. The molecule has 0 radical (unpaired) electrons. The summed E-state index contributed by atoms with van der Waals surface area (Å²) in [6.45, 7) is 4.01. The van der Waals surface area contributed by atoms with Crippen LogP contribution in [0.15, 0.2) is 28.8 Å². The molecule has 6 nitrogen and oxygen atoms in total. The summed E-state index contributed by atoms with van der Waals surface area (Å²) in [5, 5.41) is 14.0. The zero-order valence-corrected chi connectivity index (χ0v) is 10.8. The lowest BCUT2D eigenvalue weighted by atomic mass is 10.1. The van der Waals surface area contributed by atoms with Crippen LogP contribution < -0.4 is 5.32 Å². The summed E-state index contributed by atoms with van der Waals surface area (Å²) in [6, 6.07) is 5.16. The van der Waals surface area contributed by atoms with Gasteiger partial charge in [-0.3, -0.25) is 10.1 Å². The molecular formula is C13H15N3O3. The van der Waals surface area contributed by atoms with E-state index in [4.69, 9.17) is 4.42 Å². The van der Waals surface area contributed by atoms with Gasteiger partial charge in [-0.25, -0.2) is 4.98 Å². The van der Waals surface area contributed by atoms with Gasteiger partial charge in [-0.05, 0) is 13.0 Å². The third-order valence-electron chi connectivity index (χ3n) is 2.80. The van der Waals surface area contributed by atoms with E-state index in [9.17, 15) is 10.1 Å². The number of oxazole rings is 1. The summed E-state index contributed by atoms with van der Waals surface area (Å²) >= 11 is 0. The minimum absolute atomic E-state index is 0.0878. The molecule has 0 amide bonds. The first-order chi connectivity index (χ1) is 9.11. The van der Waals surface area contributed by atoms with Crippen molar-refractivity contribution >= 4 is 11.4 Å². The quantitative estimate of drug-likeness (QED) is 0.660. The SMILES string of the molecule is CCc1cnc(CNc2cccc(C)c2[N+](=O)[O-])o1. The Kier molecular flexibility index (Phi) is 3.79. The maximum Gasteiger partial charge on any atom is 0.295 e. The number of rotatable bonds is 5. The number of hydrogen-bond acceptors (Lipinski definition) is 5. The molecule has 1 aromatic heterocycles. The Morgan fingerprint density at radius 2 is 2.26 bits per heavy atom. The Balaban J connectivity index is 2.15. The Labute approximate surface area is 110 Å². The summed E-state index contributed by atoms with van der Waals surface area (Å²) in [6.07, 6.45) is 2.44. The number of anilines is 1. The lowest BCUT2D eigenvalue weighted by Crippen LogP contribution is -2.03. The summed E-state index contributed by atoms with van der Waals surface area (Å²) in [5.74, 6) is 1.32. The van der Waals surface area contributed by atoms with Gasteiger partial charge in [-0.1, -0.05) is 19.1 Å². The number of benzene rings is 1. The molecule has 2 aromatic rings. The maximum atomic E-state index is 11.0. The molecule has 1 aromatic carbocycles. The third-order valence-corrected chi connectivity index (χ3v) is 2.80. The van der Waals surface area contributed by atoms with Gasteiger partial charge in [0.15, 0.2) is 0 Å². The highest BCUT2D eigenvalue weighted by Gasteiger charge is 2.16. The predicted octanol–water partition coefficient (Wildman–Crippen LogP) is 3.07. The van der Waals surface area contributed by atoms with E-state index >= 15 is 0 Å². The lowest BCUT2D eigenvalue weighted by Gasteiger charge is -2.06. The molecule has 6 heteroatoms. The highest BCUT2D eigenvalue weighted by atomic mass is 16.6. The van der Waals surface area contributed by atoms with E-state index in [1.54, 1.807) is 31.3 Å². The fraction of sp³-hybridized carbons (Fsp3) is 0.308. The number of nitro benzene ring substituents is 1. The molecule has 0 atom stereocenters. The monoisotopic (exact) mass is 261 g/mol. The van der Waals surface area contributed by atoms with Crippen LogP contribution in [0, 0.1) is 17.0 Å². The standard InChI is InChI=1S/C13H15N3O3/c1-3-10-7-15-12(19-10)8-14-11-6-4-5-9(2)13(11)16(17)18/h4-7,14H,3,8H2,1-2H3. The average molecular weight is 261 g/mol. The van der Waals surface area contributed by atoms with Crippen molar-refractivity contribution in [3.63, 3.8) is 0 Å². The average Bonchev–Trinajstić information content (AvgIpc) is 2.83. The first-order valence-electron chi connectivity index (χ1n) is 6.03. The Bertz CT molecular complexity index is 593. The van der Waals surface area contributed by atoms with Crippen LogP contribution in [0.3, 0.4) is 0 Å². The van der Waals surface area contributed by atoms with Crippen LogP contribution in [-0.2, 0) is 13.0 Å². The lowest BCUT2D eigenvalue weighted by molar-refractivity contribution is -0.384. The van der Waals surface area contributed by atoms with Crippen molar-refractivity contribution in [1.82, 2.24) is 4.98 Å². The zero-order valence-electron chi connectivity index (χ0n) is 10.8. The van der Waals surface area contributed by atoms with Crippen LogP contribution >= 0.6 is 0 Å². The molecule has 0 unspecified atom stereocenters. The fourth-order valence-electron chi connectivity index (χ4n) is 1.81. The molecule has 0 aliphatic carbocycles. The first-order valence-corrected chi connectivity index (χ1v) is 6.03. The molecule has 1 N–H and O–H groups in total. The molecule has 0 aliphatic heterocycles. The maximum absolute atomic E-state index is 11.0.